The molecule has 0 spiro atoms. The third kappa shape index (κ3) is 6.21. The zero-order valence-electron chi connectivity index (χ0n) is 18.3. The number of hydrogen-bond donors (Lipinski definition) is 2. The summed E-state index contributed by atoms with van der Waals surface area (Å²) in [6.45, 7) is 11.6. The Morgan fingerprint density at radius 2 is 1.47 bits per heavy atom. The third-order valence-corrected chi connectivity index (χ3v) is 4.83. The number of anilines is 2. The van der Waals surface area contributed by atoms with Crippen LogP contribution in [0.25, 0.3) is 6.08 Å². The average molecular weight is 421 g/mol. The van der Waals surface area contributed by atoms with Crippen LogP contribution >= 0.6 is 0 Å². The van der Waals surface area contributed by atoms with Gasteiger partial charge in [0.25, 0.3) is 0 Å². The second-order valence-corrected chi connectivity index (χ2v) is 7.88. The van der Waals surface area contributed by atoms with Crippen molar-refractivity contribution < 1.29 is 13.2 Å². The summed E-state index contributed by atoms with van der Waals surface area (Å²) in [5.74, 6) is 1.34. The lowest BCUT2D eigenvalue weighted by atomic mass is 9.83. The van der Waals surface area contributed by atoms with Crippen LogP contribution in [0, 0.1) is 6.92 Å². The highest BCUT2D eigenvalue weighted by molar-refractivity contribution is 5.67. The lowest BCUT2D eigenvalue weighted by Crippen LogP contribution is -2.15. The van der Waals surface area contributed by atoms with Crippen molar-refractivity contribution in [1.29, 1.82) is 0 Å². The molecular formula is C23H31F3N4. The van der Waals surface area contributed by atoms with Crippen LogP contribution in [0.1, 0.15) is 62.9 Å². The second-order valence-electron chi connectivity index (χ2n) is 7.88. The van der Waals surface area contributed by atoms with E-state index in [0.29, 0.717) is 5.95 Å². The van der Waals surface area contributed by atoms with E-state index < -0.39 is 17.2 Å². The molecule has 0 bridgehead atoms. The molecule has 30 heavy (non-hydrogen) atoms. The minimum Gasteiger partial charge on any atom is -0.369 e. The van der Waals surface area contributed by atoms with Crippen LogP contribution in [0.2, 0.25) is 0 Å². The zero-order chi connectivity index (χ0) is 22.4. The Hall–Kier alpha value is -2.57. The molecule has 4 nitrogen and oxygen atoms in total. The van der Waals surface area contributed by atoms with Crippen LogP contribution < -0.4 is 10.6 Å². The number of aromatic nitrogens is 2. The Bertz CT molecular complexity index is 856. The Morgan fingerprint density at radius 3 is 2.03 bits per heavy atom. The van der Waals surface area contributed by atoms with Crippen molar-refractivity contribution in [2.45, 2.75) is 59.1 Å². The van der Waals surface area contributed by atoms with Crippen LogP contribution in [-0.2, 0) is 11.6 Å². The first-order valence-corrected chi connectivity index (χ1v) is 10.3. The molecule has 164 valence electrons. The van der Waals surface area contributed by atoms with Gasteiger partial charge < -0.3 is 10.6 Å². The van der Waals surface area contributed by atoms with Gasteiger partial charge in [-0.3, -0.25) is 0 Å². The van der Waals surface area contributed by atoms with E-state index in [-0.39, 0.29) is 0 Å². The predicted molar refractivity (Wildman–Crippen MR) is 118 cm³/mol. The van der Waals surface area contributed by atoms with Gasteiger partial charge in [0.05, 0.1) is 11.3 Å². The van der Waals surface area contributed by atoms with Crippen molar-refractivity contribution in [2.24, 2.45) is 0 Å². The van der Waals surface area contributed by atoms with Gasteiger partial charge in [-0.25, -0.2) is 4.98 Å². The Morgan fingerprint density at radius 1 is 0.900 bits per heavy atom. The standard InChI is InChI=1S/C23H31F3N4/c1-6-14-27-20-19(16(3)29-21(30-20)28-15-7-2)12-13-22(4,5)17-8-10-18(11-9-17)23(24,25)26/h8-13H,6-7,14-15H2,1-5H3,(H2,27,28,29,30)/b13-12+. The largest absolute Gasteiger partial charge is 0.416 e. The fourth-order valence-corrected chi connectivity index (χ4v) is 2.95. The van der Waals surface area contributed by atoms with Crippen LogP contribution in [0.4, 0.5) is 24.9 Å². The maximum Gasteiger partial charge on any atom is 0.416 e. The molecule has 7 heteroatoms. The summed E-state index contributed by atoms with van der Waals surface area (Å²) in [4.78, 5) is 9.16. The number of allylic oxidation sites excluding steroid dienone is 1. The van der Waals surface area contributed by atoms with Crippen molar-refractivity contribution in [3.63, 3.8) is 0 Å². The maximum atomic E-state index is 12.8. The maximum absolute atomic E-state index is 12.8. The van der Waals surface area contributed by atoms with Gasteiger partial charge in [-0.2, -0.15) is 18.2 Å². The van der Waals surface area contributed by atoms with Gasteiger partial charge in [-0.1, -0.05) is 52.0 Å². The Balaban J connectivity index is 2.33. The number of nitrogens with one attached hydrogen (secondary N) is 2. The molecule has 0 aliphatic rings. The van der Waals surface area contributed by atoms with Gasteiger partial charge in [-0.15, -0.1) is 0 Å². The van der Waals surface area contributed by atoms with Gasteiger partial charge >= 0.3 is 6.18 Å². The second kappa shape index (κ2) is 9.96. The molecule has 0 saturated carbocycles. The number of aryl methyl sites for hydroxylation is 1. The number of nitrogens with zero attached hydrogens (tertiary/aromatic N) is 2. The van der Waals surface area contributed by atoms with Crippen LogP contribution in [0.3, 0.4) is 0 Å². The molecule has 0 atom stereocenters. The molecule has 0 unspecified atom stereocenters. The fourth-order valence-electron chi connectivity index (χ4n) is 2.95. The van der Waals surface area contributed by atoms with E-state index in [2.05, 4.69) is 34.4 Å². The van der Waals surface area contributed by atoms with Crippen LogP contribution in [0.5, 0.6) is 0 Å². The van der Waals surface area contributed by atoms with Crippen LogP contribution in [-0.4, -0.2) is 23.1 Å². The molecule has 0 saturated heterocycles. The number of rotatable bonds is 9. The normalized spacial score (nSPS) is 12.4. The van der Waals surface area contributed by atoms with Crippen molar-refractivity contribution in [3.05, 3.63) is 52.7 Å². The lowest BCUT2D eigenvalue weighted by molar-refractivity contribution is -0.137. The molecule has 0 amide bonds. The highest BCUT2D eigenvalue weighted by Crippen LogP contribution is 2.33. The average Bonchev–Trinajstić information content (AvgIpc) is 2.69. The number of hydrogen-bond acceptors (Lipinski definition) is 4. The molecule has 2 aromatic rings. The van der Waals surface area contributed by atoms with E-state index in [9.17, 15) is 13.2 Å². The van der Waals surface area contributed by atoms with Crippen molar-refractivity contribution in [1.82, 2.24) is 9.97 Å². The summed E-state index contributed by atoms with van der Waals surface area (Å²) in [5.41, 5.74) is 1.41. The summed E-state index contributed by atoms with van der Waals surface area (Å²) in [6, 6.07) is 5.32. The number of alkyl halides is 3. The minimum atomic E-state index is -4.33. The first kappa shape index (κ1) is 23.7. The van der Waals surface area contributed by atoms with E-state index >= 15 is 0 Å². The highest BCUT2D eigenvalue weighted by Gasteiger charge is 2.30. The smallest absolute Gasteiger partial charge is 0.369 e. The minimum absolute atomic E-state index is 0.461. The molecule has 0 fully saturated rings. The molecule has 1 aromatic carbocycles. The molecule has 1 aromatic heterocycles. The molecule has 1 heterocycles. The van der Waals surface area contributed by atoms with Crippen molar-refractivity contribution in [3.8, 4) is 0 Å². The predicted octanol–water partition coefficient (Wildman–Crippen LogP) is 6.44. The van der Waals surface area contributed by atoms with Gasteiger partial charge in [0.2, 0.25) is 5.95 Å². The van der Waals surface area contributed by atoms with Crippen molar-refractivity contribution in [2.75, 3.05) is 23.7 Å². The van der Waals surface area contributed by atoms with E-state index in [0.717, 1.165) is 60.7 Å². The van der Waals surface area contributed by atoms with E-state index in [1.54, 1.807) is 0 Å². The van der Waals surface area contributed by atoms with Crippen LogP contribution in [0.15, 0.2) is 30.3 Å². The molecule has 0 aliphatic carbocycles. The molecule has 2 N–H and O–H groups in total. The summed E-state index contributed by atoms with van der Waals surface area (Å²) in [6.07, 6.45) is 1.54. The molecule has 0 aliphatic heterocycles. The summed E-state index contributed by atoms with van der Waals surface area (Å²) < 4.78 is 38.5. The van der Waals surface area contributed by atoms with Crippen molar-refractivity contribution >= 4 is 17.8 Å². The van der Waals surface area contributed by atoms with Gasteiger partial charge in [0.1, 0.15) is 5.82 Å². The Labute approximate surface area is 177 Å². The van der Waals surface area contributed by atoms with Gasteiger partial charge in [0, 0.05) is 24.1 Å². The fraction of sp³-hybridized carbons (Fsp3) is 0.478. The quantitative estimate of drug-likeness (QED) is 0.490. The molecule has 2 rings (SSSR count). The monoisotopic (exact) mass is 420 g/mol. The number of benzene rings is 1. The zero-order valence-corrected chi connectivity index (χ0v) is 18.3. The SMILES string of the molecule is CCCNc1nc(C)c(/C=C/C(C)(C)c2ccc(C(F)(F)F)cc2)c(NCCC)n1. The highest BCUT2D eigenvalue weighted by atomic mass is 19.4. The van der Waals surface area contributed by atoms with E-state index in [1.165, 1.54) is 12.1 Å². The topological polar surface area (TPSA) is 49.8 Å². The molecule has 0 radical (unpaired) electrons. The summed E-state index contributed by atoms with van der Waals surface area (Å²) >= 11 is 0. The number of halogens is 3. The molecular weight excluding hydrogens is 389 g/mol. The van der Waals surface area contributed by atoms with E-state index in [1.807, 2.05) is 32.9 Å². The summed E-state index contributed by atoms with van der Waals surface area (Å²) in [7, 11) is 0. The Kier molecular flexibility index (Phi) is 7.87. The first-order chi connectivity index (χ1) is 14.1. The third-order valence-electron chi connectivity index (χ3n) is 4.83. The lowest BCUT2D eigenvalue weighted by Gasteiger charge is -2.22. The first-order valence-electron chi connectivity index (χ1n) is 10.3. The van der Waals surface area contributed by atoms with E-state index in [4.69, 9.17) is 0 Å². The summed E-state index contributed by atoms with van der Waals surface area (Å²) in [5, 5.41) is 6.57. The van der Waals surface area contributed by atoms with Gasteiger partial charge in [0.15, 0.2) is 0 Å². The van der Waals surface area contributed by atoms with Gasteiger partial charge in [-0.05, 0) is 37.5 Å².